The van der Waals surface area contributed by atoms with E-state index in [-0.39, 0.29) is 11.6 Å². The third-order valence-corrected chi connectivity index (χ3v) is 2.45. The highest BCUT2D eigenvalue weighted by atomic mass is 32.2. The van der Waals surface area contributed by atoms with Crippen molar-refractivity contribution < 1.29 is 9.50 Å². The van der Waals surface area contributed by atoms with Gasteiger partial charge in [0.05, 0.1) is 0 Å². The first-order valence-electron chi connectivity index (χ1n) is 4.41. The molecule has 0 aromatic heterocycles. The molecule has 0 radical (unpaired) electrons. The second kappa shape index (κ2) is 5.88. The lowest BCUT2D eigenvalue weighted by molar-refractivity contribution is 0.462. The Hall–Kier alpha value is -0.740. The number of halogens is 1. The Balaban J connectivity index is 2.45. The van der Waals surface area contributed by atoms with Crippen LogP contribution in [0, 0.1) is 5.82 Å². The number of hydrogen-bond acceptors (Lipinski definition) is 3. The summed E-state index contributed by atoms with van der Waals surface area (Å²) < 4.78 is 12.8. The van der Waals surface area contributed by atoms with Crippen LogP contribution in [0.3, 0.4) is 0 Å². The molecule has 2 N–H and O–H groups in total. The molecule has 0 aliphatic carbocycles. The summed E-state index contributed by atoms with van der Waals surface area (Å²) >= 11 is 1.75. The molecular weight excluding hydrogens is 201 g/mol. The lowest BCUT2D eigenvalue weighted by Gasteiger charge is -2.05. The molecule has 1 aromatic carbocycles. The minimum Gasteiger partial charge on any atom is -0.508 e. The zero-order chi connectivity index (χ0) is 10.4. The fraction of sp³-hybridized carbons (Fsp3) is 0.400. The van der Waals surface area contributed by atoms with Gasteiger partial charge in [0.1, 0.15) is 11.6 Å². The van der Waals surface area contributed by atoms with Crippen LogP contribution in [0.5, 0.6) is 5.75 Å². The third kappa shape index (κ3) is 3.55. The van der Waals surface area contributed by atoms with E-state index >= 15 is 0 Å². The van der Waals surface area contributed by atoms with Crippen molar-refractivity contribution in [1.29, 1.82) is 0 Å². The van der Waals surface area contributed by atoms with Crippen LogP contribution < -0.4 is 5.32 Å². The Morgan fingerprint density at radius 3 is 3.00 bits per heavy atom. The predicted molar refractivity (Wildman–Crippen MR) is 58.2 cm³/mol. The standard InChI is InChI=1S/C10H14FNOS/c1-14-5-4-12-7-8-6-9(11)2-3-10(8)13/h2-3,6,12-13H,4-5,7H2,1H3. The zero-order valence-corrected chi connectivity index (χ0v) is 8.90. The van der Waals surface area contributed by atoms with Gasteiger partial charge in [0, 0.05) is 24.4 Å². The highest BCUT2D eigenvalue weighted by Crippen LogP contribution is 2.17. The van der Waals surface area contributed by atoms with Crippen LogP contribution >= 0.6 is 11.8 Å². The first-order chi connectivity index (χ1) is 6.74. The van der Waals surface area contributed by atoms with Crippen LogP contribution in [0.4, 0.5) is 4.39 Å². The molecule has 4 heteroatoms. The minimum atomic E-state index is -0.315. The Kier molecular flexibility index (Phi) is 4.76. The maximum absolute atomic E-state index is 12.8. The van der Waals surface area contributed by atoms with Crippen molar-refractivity contribution in [2.75, 3.05) is 18.6 Å². The lowest BCUT2D eigenvalue weighted by Crippen LogP contribution is -2.16. The maximum Gasteiger partial charge on any atom is 0.123 e. The van der Waals surface area contributed by atoms with Crippen LogP contribution in [0.1, 0.15) is 5.56 Å². The number of benzene rings is 1. The van der Waals surface area contributed by atoms with Crippen LogP contribution in [0.25, 0.3) is 0 Å². The van der Waals surface area contributed by atoms with Crippen LogP contribution in [-0.2, 0) is 6.54 Å². The number of phenols is 1. The van der Waals surface area contributed by atoms with Crippen molar-refractivity contribution in [2.24, 2.45) is 0 Å². The van der Waals surface area contributed by atoms with E-state index in [2.05, 4.69) is 5.32 Å². The van der Waals surface area contributed by atoms with Crippen molar-refractivity contribution in [3.63, 3.8) is 0 Å². The smallest absolute Gasteiger partial charge is 0.123 e. The maximum atomic E-state index is 12.8. The van der Waals surface area contributed by atoms with E-state index in [1.54, 1.807) is 11.8 Å². The van der Waals surface area contributed by atoms with E-state index in [0.717, 1.165) is 12.3 Å². The molecule has 0 saturated carbocycles. The number of aromatic hydroxyl groups is 1. The van der Waals surface area contributed by atoms with Crippen LogP contribution in [-0.4, -0.2) is 23.7 Å². The average Bonchev–Trinajstić information content (AvgIpc) is 2.18. The topological polar surface area (TPSA) is 32.3 Å². The molecule has 0 bridgehead atoms. The summed E-state index contributed by atoms with van der Waals surface area (Å²) in [4.78, 5) is 0. The summed E-state index contributed by atoms with van der Waals surface area (Å²) in [6.07, 6.45) is 2.03. The molecule has 0 unspecified atom stereocenters. The molecule has 0 heterocycles. The number of rotatable bonds is 5. The molecule has 1 aromatic rings. The van der Waals surface area contributed by atoms with Crippen molar-refractivity contribution in [3.05, 3.63) is 29.6 Å². The zero-order valence-electron chi connectivity index (χ0n) is 8.09. The Morgan fingerprint density at radius 2 is 2.29 bits per heavy atom. The van der Waals surface area contributed by atoms with Gasteiger partial charge in [-0.3, -0.25) is 0 Å². The van der Waals surface area contributed by atoms with Gasteiger partial charge < -0.3 is 10.4 Å². The molecule has 0 aliphatic heterocycles. The second-order valence-corrected chi connectivity index (χ2v) is 3.93. The Bertz CT molecular complexity index is 293. The van der Waals surface area contributed by atoms with Gasteiger partial charge in [-0.15, -0.1) is 0 Å². The van der Waals surface area contributed by atoms with E-state index in [9.17, 15) is 9.50 Å². The third-order valence-electron chi connectivity index (χ3n) is 1.84. The first kappa shape index (κ1) is 11.3. The van der Waals surface area contributed by atoms with E-state index in [0.29, 0.717) is 12.1 Å². The Morgan fingerprint density at radius 1 is 1.50 bits per heavy atom. The highest BCUT2D eigenvalue weighted by Gasteiger charge is 2.01. The van der Waals surface area contributed by atoms with Crippen LogP contribution in [0.2, 0.25) is 0 Å². The molecule has 2 nitrogen and oxygen atoms in total. The molecule has 0 aliphatic rings. The van der Waals surface area contributed by atoms with Gasteiger partial charge in [-0.1, -0.05) is 0 Å². The molecule has 0 fully saturated rings. The summed E-state index contributed by atoms with van der Waals surface area (Å²) in [5.41, 5.74) is 0.603. The summed E-state index contributed by atoms with van der Waals surface area (Å²) in [6.45, 7) is 1.36. The summed E-state index contributed by atoms with van der Waals surface area (Å²) in [6, 6.07) is 3.98. The summed E-state index contributed by atoms with van der Waals surface area (Å²) in [5.74, 6) is 0.836. The first-order valence-corrected chi connectivity index (χ1v) is 5.80. The number of nitrogens with one attached hydrogen (secondary N) is 1. The van der Waals surface area contributed by atoms with Gasteiger partial charge in [-0.25, -0.2) is 4.39 Å². The van der Waals surface area contributed by atoms with Crippen LogP contribution in [0.15, 0.2) is 18.2 Å². The Labute approximate surface area is 87.5 Å². The average molecular weight is 215 g/mol. The molecular formula is C10H14FNOS. The fourth-order valence-electron chi connectivity index (χ4n) is 1.09. The summed E-state index contributed by atoms with van der Waals surface area (Å²) in [7, 11) is 0. The molecule has 14 heavy (non-hydrogen) atoms. The number of thioether (sulfide) groups is 1. The van der Waals surface area contributed by atoms with Gasteiger partial charge in [-0.2, -0.15) is 11.8 Å². The molecule has 0 atom stereocenters. The number of hydrogen-bond donors (Lipinski definition) is 2. The van der Waals surface area contributed by atoms with Gasteiger partial charge in [0.2, 0.25) is 0 Å². The van der Waals surface area contributed by atoms with E-state index in [1.165, 1.54) is 18.2 Å². The normalized spacial score (nSPS) is 10.4. The number of phenolic OH excluding ortho intramolecular Hbond substituents is 1. The van der Waals surface area contributed by atoms with Crippen molar-refractivity contribution in [2.45, 2.75) is 6.54 Å². The lowest BCUT2D eigenvalue weighted by atomic mass is 10.2. The molecule has 78 valence electrons. The van der Waals surface area contributed by atoms with Gasteiger partial charge in [0.25, 0.3) is 0 Å². The fourth-order valence-corrected chi connectivity index (χ4v) is 1.44. The van der Waals surface area contributed by atoms with Crippen molar-refractivity contribution in [1.82, 2.24) is 5.32 Å². The predicted octanol–water partition coefficient (Wildman–Crippen LogP) is 1.98. The molecule has 0 amide bonds. The quantitative estimate of drug-likeness (QED) is 0.737. The monoisotopic (exact) mass is 215 g/mol. The molecule has 0 saturated heterocycles. The summed E-state index contributed by atoms with van der Waals surface area (Å²) in [5, 5.41) is 12.5. The van der Waals surface area contributed by atoms with Gasteiger partial charge in [-0.05, 0) is 24.5 Å². The minimum absolute atomic E-state index is 0.142. The van der Waals surface area contributed by atoms with E-state index < -0.39 is 0 Å². The van der Waals surface area contributed by atoms with Gasteiger partial charge >= 0.3 is 0 Å². The second-order valence-electron chi connectivity index (χ2n) is 2.94. The van der Waals surface area contributed by atoms with Crippen molar-refractivity contribution in [3.8, 4) is 5.75 Å². The van der Waals surface area contributed by atoms with E-state index in [4.69, 9.17) is 0 Å². The largest absolute Gasteiger partial charge is 0.508 e. The van der Waals surface area contributed by atoms with E-state index in [1.807, 2.05) is 6.26 Å². The molecule has 1 rings (SSSR count). The van der Waals surface area contributed by atoms with Gasteiger partial charge in [0.15, 0.2) is 0 Å². The highest BCUT2D eigenvalue weighted by molar-refractivity contribution is 7.98. The van der Waals surface area contributed by atoms with Crippen molar-refractivity contribution >= 4 is 11.8 Å². The SMILES string of the molecule is CSCCNCc1cc(F)ccc1O. The molecule has 0 spiro atoms.